The second kappa shape index (κ2) is 5.90. The molecule has 0 radical (unpaired) electrons. The molecule has 0 spiro atoms. The van der Waals surface area contributed by atoms with Crippen LogP contribution in [0.5, 0.6) is 0 Å². The molecular weight excluding hydrogens is 282 g/mol. The van der Waals surface area contributed by atoms with Crippen molar-refractivity contribution in [2.75, 3.05) is 13.7 Å². The zero-order valence-electron chi connectivity index (χ0n) is 11.1. The van der Waals surface area contributed by atoms with Crippen molar-refractivity contribution in [1.82, 2.24) is 4.72 Å². The standard InChI is InChI=1S/C13H17NO5S/c1-19-8-12(13(15)16)14-20(17,18)11-6-5-9-3-2-4-10(9)7-11/h5-7,12,14H,2-4,8H2,1H3,(H,15,16). The van der Waals surface area contributed by atoms with Crippen LogP contribution in [0.1, 0.15) is 17.5 Å². The van der Waals surface area contributed by atoms with Gasteiger partial charge >= 0.3 is 5.97 Å². The van der Waals surface area contributed by atoms with Crippen LogP contribution in [0.25, 0.3) is 0 Å². The number of sulfonamides is 1. The van der Waals surface area contributed by atoms with Crippen molar-refractivity contribution in [1.29, 1.82) is 0 Å². The van der Waals surface area contributed by atoms with Gasteiger partial charge in [0, 0.05) is 7.11 Å². The Bertz CT molecular complexity index is 611. The Morgan fingerprint density at radius 2 is 2.10 bits per heavy atom. The van der Waals surface area contributed by atoms with E-state index in [1.54, 1.807) is 12.1 Å². The minimum Gasteiger partial charge on any atom is -0.480 e. The molecule has 2 N–H and O–H groups in total. The van der Waals surface area contributed by atoms with Crippen LogP contribution >= 0.6 is 0 Å². The van der Waals surface area contributed by atoms with E-state index in [1.807, 2.05) is 0 Å². The van der Waals surface area contributed by atoms with Crippen molar-refractivity contribution in [3.63, 3.8) is 0 Å². The zero-order valence-corrected chi connectivity index (χ0v) is 11.9. The minimum absolute atomic E-state index is 0.0977. The fourth-order valence-electron chi connectivity index (χ4n) is 2.29. The van der Waals surface area contributed by atoms with Gasteiger partial charge in [0.25, 0.3) is 0 Å². The second-order valence-corrected chi connectivity index (χ2v) is 6.47. The van der Waals surface area contributed by atoms with Gasteiger partial charge < -0.3 is 9.84 Å². The lowest BCUT2D eigenvalue weighted by Gasteiger charge is -2.14. The van der Waals surface area contributed by atoms with E-state index in [0.717, 1.165) is 30.4 Å². The molecule has 6 nitrogen and oxygen atoms in total. The third kappa shape index (κ3) is 3.17. The van der Waals surface area contributed by atoms with Crippen molar-refractivity contribution >= 4 is 16.0 Å². The molecular formula is C13H17NO5S. The van der Waals surface area contributed by atoms with Gasteiger partial charge in [-0.15, -0.1) is 0 Å². The topological polar surface area (TPSA) is 92.7 Å². The van der Waals surface area contributed by atoms with Crippen molar-refractivity contribution in [2.45, 2.75) is 30.2 Å². The first-order valence-corrected chi connectivity index (χ1v) is 7.78. The average molecular weight is 299 g/mol. The Morgan fingerprint density at radius 1 is 1.40 bits per heavy atom. The Balaban J connectivity index is 2.23. The molecule has 1 aromatic rings. The van der Waals surface area contributed by atoms with Gasteiger partial charge in [0.1, 0.15) is 6.04 Å². The largest absolute Gasteiger partial charge is 0.480 e. The number of carboxylic acids is 1. The maximum absolute atomic E-state index is 12.2. The summed E-state index contributed by atoms with van der Waals surface area (Å²) < 4.78 is 31.2. The molecule has 1 atom stereocenters. The molecule has 1 unspecified atom stereocenters. The number of carboxylic acid groups (broad SMARTS) is 1. The van der Waals surface area contributed by atoms with E-state index in [1.165, 1.54) is 13.2 Å². The molecule has 0 bridgehead atoms. The number of methoxy groups -OCH3 is 1. The van der Waals surface area contributed by atoms with E-state index >= 15 is 0 Å². The Hall–Kier alpha value is -1.44. The van der Waals surface area contributed by atoms with Crippen LogP contribution in [-0.2, 0) is 32.4 Å². The fraction of sp³-hybridized carbons (Fsp3) is 0.462. The molecule has 0 fully saturated rings. The highest BCUT2D eigenvalue weighted by Crippen LogP contribution is 2.24. The number of hydrogen-bond acceptors (Lipinski definition) is 4. The van der Waals surface area contributed by atoms with E-state index in [2.05, 4.69) is 4.72 Å². The molecule has 1 aliphatic rings. The number of ether oxygens (including phenoxy) is 1. The summed E-state index contributed by atoms with van der Waals surface area (Å²) in [5.41, 5.74) is 2.18. The van der Waals surface area contributed by atoms with E-state index in [9.17, 15) is 13.2 Å². The summed E-state index contributed by atoms with van der Waals surface area (Å²) in [5, 5.41) is 8.96. The number of carbonyl (C=O) groups is 1. The van der Waals surface area contributed by atoms with Crippen LogP contribution in [0.4, 0.5) is 0 Å². The summed E-state index contributed by atoms with van der Waals surface area (Å²) in [6, 6.07) is 3.63. The molecule has 20 heavy (non-hydrogen) atoms. The number of aryl methyl sites for hydroxylation is 2. The number of rotatable bonds is 6. The molecule has 0 saturated heterocycles. The summed E-state index contributed by atoms with van der Waals surface area (Å²) in [4.78, 5) is 11.1. The smallest absolute Gasteiger partial charge is 0.324 e. The van der Waals surface area contributed by atoms with Crippen molar-refractivity contribution in [2.24, 2.45) is 0 Å². The number of nitrogens with one attached hydrogen (secondary N) is 1. The van der Waals surface area contributed by atoms with Crippen LogP contribution < -0.4 is 4.72 Å². The lowest BCUT2D eigenvalue weighted by molar-refractivity contribution is -0.140. The zero-order chi connectivity index (χ0) is 14.8. The van der Waals surface area contributed by atoms with Gasteiger partial charge in [-0.25, -0.2) is 8.42 Å². The fourth-order valence-corrected chi connectivity index (χ4v) is 3.52. The highest BCUT2D eigenvalue weighted by Gasteiger charge is 2.26. The number of hydrogen-bond donors (Lipinski definition) is 2. The van der Waals surface area contributed by atoms with Crippen LogP contribution in [-0.4, -0.2) is 39.3 Å². The highest BCUT2D eigenvalue weighted by molar-refractivity contribution is 7.89. The van der Waals surface area contributed by atoms with Crippen LogP contribution in [0.2, 0.25) is 0 Å². The van der Waals surface area contributed by atoms with Crippen LogP contribution in [0, 0.1) is 0 Å². The minimum atomic E-state index is -3.86. The van der Waals surface area contributed by atoms with Gasteiger partial charge in [0.15, 0.2) is 0 Å². The molecule has 7 heteroatoms. The molecule has 0 heterocycles. The average Bonchev–Trinajstić information content (AvgIpc) is 2.85. The molecule has 0 saturated carbocycles. The van der Waals surface area contributed by atoms with Crippen LogP contribution in [0.15, 0.2) is 23.1 Å². The van der Waals surface area contributed by atoms with E-state index < -0.39 is 22.0 Å². The van der Waals surface area contributed by atoms with Crippen molar-refractivity contribution < 1.29 is 23.1 Å². The molecule has 110 valence electrons. The molecule has 1 aromatic carbocycles. The monoisotopic (exact) mass is 299 g/mol. The SMILES string of the molecule is COCC(NS(=O)(=O)c1ccc2c(c1)CCC2)C(=O)O. The molecule has 1 aliphatic carbocycles. The Labute approximate surface area is 117 Å². The Kier molecular flexibility index (Phi) is 4.42. The van der Waals surface area contributed by atoms with Gasteiger partial charge in [-0.2, -0.15) is 4.72 Å². The lowest BCUT2D eigenvalue weighted by atomic mass is 10.1. The summed E-state index contributed by atoms with van der Waals surface area (Å²) in [5.74, 6) is -1.27. The normalized spacial score (nSPS) is 15.8. The number of benzene rings is 1. The van der Waals surface area contributed by atoms with Gasteiger partial charge in [0.2, 0.25) is 10.0 Å². The summed E-state index contributed by atoms with van der Waals surface area (Å²) >= 11 is 0. The van der Waals surface area contributed by atoms with Crippen molar-refractivity contribution in [3.05, 3.63) is 29.3 Å². The predicted molar refractivity (Wildman–Crippen MR) is 72.1 cm³/mol. The quantitative estimate of drug-likeness (QED) is 0.800. The number of fused-ring (bicyclic) bond motifs is 1. The summed E-state index contributed by atoms with van der Waals surface area (Å²) in [6.07, 6.45) is 2.84. The summed E-state index contributed by atoms with van der Waals surface area (Å²) in [6.45, 7) is -0.223. The molecule has 2 rings (SSSR count). The third-order valence-corrected chi connectivity index (χ3v) is 4.78. The van der Waals surface area contributed by atoms with Crippen molar-refractivity contribution in [3.8, 4) is 0 Å². The maximum Gasteiger partial charge on any atom is 0.324 e. The van der Waals surface area contributed by atoms with Crippen LogP contribution in [0.3, 0.4) is 0 Å². The highest BCUT2D eigenvalue weighted by atomic mass is 32.2. The summed E-state index contributed by atoms with van der Waals surface area (Å²) in [7, 11) is -2.54. The predicted octanol–water partition coefficient (Wildman–Crippen LogP) is 0.553. The van der Waals surface area contributed by atoms with Gasteiger partial charge in [-0.3, -0.25) is 4.79 Å². The first-order valence-electron chi connectivity index (χ1n) is 6.30. The van der Waals surface area contributed by atoms with Gasteiger partial charge in [-0.1, -0.05) is 6.07 Å². The van der Waals surface area contributed by atoms with E-state index in [4.69, 9.17) is 9.84 Å². The first-order chi connectivity index (χ1) is 9.44. The lowest BCUT2D eigenvalue weighted by Crippen LogP contribution is -2.43. The van der Waals surface area contributed by atoms with Gasteiger partial charge in [-0.05, 0) is 42.5 Å². The molecule has 0 aliphatic heterocycles. The Morgan fingerprint density at radius 3 is 2.75 bits per heavy atom. The van der Waals surface area contributed by atoms with Gasteiger partial charge in [0.05, 0.1) is 11.5 Å². The first kappa shape index (κ1) is 15.0. The third-order valence-electron chi connectivity index (χ3n) is 3.31. The molecule has 0 aromatic heterocycles. The van der Waals surface area contributed by atoms with E-state index in [0.29, 0.717) is 0 Å². The number of aliphatic carboxylic acids is 1. The maximum atomic E-state index is 12.2. The second-order valence-electron chi connectivity index (χ2n) is 4.75. The van der Waals surface area contributed by atoms with E-state index in [-0.39, 0.29) is 11.5 Å². The molecule has 0 amide bonds.